The Labute approximate surface area is 70.4 Å². The van der Waals surface area contributed by atoms with E-state index >= 15 is 0 Å². The molecule has 0 aliphatic heterocycles. The highest BCUT2D eigenvalue weighted by atomic mass is 14.3. The van der Waals surface area contributed by atoms with E-state index in [2.05, 4.69) is 6.92 Å². The van der Waals surface area contributed by atoms with E-state index in [1.54, 1.807) is 0 Å². The van der Waals surface area contributed by atoms with E-state index in [0.29, 0.717) is 0 Å². The van der Waals surface area contributed by atoms with Crippen LogP contribution in [0.4, 0.5) is 0 Å². The van der Waals surface area contributed by atoms with Gasteiger partial charge in [-0.3, -0.25) is 0 Å². The van der Waals surface area contributed by atoms with E-state index in [-0.39, 0.29) is 0 Å². The molecule has 0 nitrogen and oxygen atoms in total. The van der Waals surface area contributed by atoms with Crippen LogP contribution in [0.5, 0.6) is 0 Å². The molecule has 1 unspecified atom stereocenters. The third kappa shape index (κ3) is 1.98. The fraction of sp³-hybridized carbons (Fsp3) is 0.909. The standard InChI is InChI=1S/C11H19/c1-9(11-3-2-4-11)5-6-10-7-8-10/h9-11H,1-8H2. The zero-order valence-electron chi connectivity index (χ0n) is 7.39. The Bertz CT molecular complexity index is 120. The van der Waals surface area contributed by atoms with Gasteiger partial charge in [-0.1, -0.05) is 38.5 Å². The Morgan fingerprint density at radius 1 is 1.18 bits per heavy atom. The molecule has 2 saturated carbocycles. The van der Waals surface area contributed by atoms with Gasteiger partial charge in [-0.05, 0) is 31.1 Å². The monoisotopic (exact) mass is 151 g/mol. The van der Waals surface area contributed by atoms with Crippen molar-refractivity contribution in [1.29, 1.82) is 0 Å². The molecule has 2 aliphatic carbocycles. The van der Waals surface area contributed by atoms with Crippen molar-refractivity contribution in [3.8, 4) is 0 Å². The number of rotatable bonds is 4. The molecule has 0 heterocycles. The Kier molecular flexibility index (Phi) is 2.20. The minimum Gasteiger partial charge on any atom is -0.0528 e. The van der Waals surface area contributed by atoms with Crippen LogP contribution in [-0.4, -0.2) is 0 Å². The van der Waals surface area contributed by atoms with Crippen LogP contribution in [0.1, 0.15) is 44.9 Å². The average Bonchev–Trinajstić information content (AvgIpc) is 2.61. The van der Waals surface area contributed by atoms with Crippen LogP contribution in [0.25, 0.3) is 0 Å². The van der Waals surface area contributed by atoms with Crippen LogP contribution in [0.15, 0.2) is 0 Å². The summed E-state index contributed by atoms with van der Waals surface area (Å²) in [4.78, 5) is 0. The lowest BCUT2D eigenvalue weighted by atomic mass is 9.75. The normalized spacial score (nSPS) is 28.1. The van der Waals surface area contributed by atoms with Gasteiger partial charge in [0.15, 0.2) is 0 Å². The third-order valence-corrected chi connectivity index (χ3v) is 3.46. The lowest BCUT2D eigenvalue weighted by Gasteiger charge is -2.31. The predicted octanol–water partition coefficient (Wildman–Crippen LogP) is 3.43. The molecule has 0 bridgehead atoms. The molecule has 0 saturated heterocycles. The van der Waals surface area contributed by atoms with E-state index < -0.39 is 0 Å². The molecule has 0 amide bonds. The van der Waals surface area contributed by atoms with E-state index in [4.69, 9.17) is 0 Å². The summed E-state index contributed by atoms with van der Waals surface area (Å²) in [5.41, 5.74) is 0. The van der Waals surface area contributed by atoms with Crippen molar-refractivity contribution < 1.29 is 0 Å². The minimum atomic E-state index is 0.796. The molecule has 1 atom stereocenters. The molecule has 0 spiro atoms. The van der Waals surface area contributed by atoms with Crippen LogP contribution in [0.3, 0.4) is 0 Å². The summed E-state index contributed by atoms with van der Waals surface area (Å²) in [5.74, 6) is 2.91. The van der Waals surface area contributed by atoms with Gasteiger partial charge in [0.05, 0.1) is 0 Å². The van der Waals surface area contributed by atoms with Crippen LogP contribution in [0, 0.1) is 24.7 Å². The van der Waals surface area contributed by atoms with Crippen LogP contribution >= 0.6 is 0 Å². The van der Waals surface area contributed by atoms with Crippen LogP contribution in [-0.2, 0) is 0 Å². The summed E-state index contributed by atoms with van der Waals surface area (Å²) in [6.07, 6.45) is 10.3. The first-order valence-electron chi connectivity index (χ1n) is 5.19. The molecule has 0 heteroatoms. The molecule has 63 valence electrons. The molecule has 1 radical (unpaired) electrons. The van der Waals surface area contributed by atoms with Gasteiger partial charge in [-0.2, -0.15) is 0 Å². The second-order valence-corrected chi connectivity index (χ2v) is 4.47. The van der Waals surface area contributed by atoms with Crippen molar-refractivity contribution in [2.45, 2.75) is 44.9 Å². The maximum absolute atomic E-state index is 4.26. The highest BCUT2D eigenvalue weighted by Crippen LogP contribution is 2.39. The van der Waals surface area contributed by atoms with E-state index in [0.717, 1.165) is 17.8 Å². The van der Waals surface area contributed by atoms with Gasteiger partial charge in [-0.15, -0.1) is 0 Å². The topological polar surface area (TPSA) is 0 Å². The first kappa shape index (κ1) is 7.64. The maximum atomic E-state index is 4.26. The first-order valence-corrected chi connectivity index (χ1v) is 5.19. The van der Waals surface area contributed by atoms with Gasteiger partial charge < -0.3 is 0 Å². The van der Waals surface area contributed by atoms with Crippen molar-refractivity contribution in [2.75, 3.05) is 0 Å². The summed E-state index contributed by atoms with van der Waals surface area (Å²) in [6, 6.07) is 0. The first-order chi connectivity index (χ1) is 5.36. The number of hydrogen-bond donors (Lipinski definition) is 0. The fourth-order valence-electron chi connectivity index (χ4n) is 2.00. The Morgan fingerprint density at radius 3 is 2.36 bits per heavy atom. The van der Waals surface area contributed by atoms with Gasteiger partial charge in [0.2, 0.25) is 0 Å². The van der Waals surface area contributed by atoms with Crippen molar-refractivity contribution >= 4 is 0 Å². The van der Waals surface area contributed by atoms with Gasteiger partial charge >= 0.3 is 0 Å². The number of hydrogen-bond acceptors (Lipinski definition) is 0. The van der Waals surface area contributed by atoms with E-state index in [9.17, 15) is 0 Å². The molecular formula is C11H19. The van der Waals surface area contributed by atoms with Crippen molar-refractivity contribution in [3.63, 3.8) is 0 Å². The van der Waals surface area contributed by atoms with Crippen LogP contribution < -0.4 is 0 Å². The second kappa shape index (κ2) is 3.16. The summed E-state index contributed by atoms with van der Waals surface area (Å²) >= 11 is 0. The van der Waals surface area contributed by atoms with Gasteiger partial charge in [0, 0.05) is 0 Å². The summed E-state index contributed by atoms with van der Waals surface area (Å²) in [6.45, 7) is 4.26. The molecule has 0 aromatic heterocycles. The van der Waals surface area contributed by atoms with Gasteiger partial charge in [-0.25, -0.2) is 0 Å². The van der Waals surface area contributed by atoms with Gasteiger partial charge in [0.1, 0.15) is 0 Å². The fourth-order valence-corrected chi connectivity index (χ4v) is 2.00. The lowest BCUT2D eigenvalue weighted by molar-refractivity contribution is 0.226. The van der Waals surface area contributed by atoms with E-state index in [1.165, 1.54) is 44.9 Å². The van der Waals surface area contributed by atoms with Gasteiger partial charge in [0.25, 0.3) is 0 Å². The highest BCUT2D eigenvalue weighted by molar-refractivity contribution is 4.81. The zero-order valence-corrected chi connectivity index (χ0v) is 7.39. The van der Waals surface area contributed by atoms with Crippen molar-refractivity contribution in [1.82, 2.24) is 0 Å². The minimum absolute atomic E-state index is 0.796. The Hall–Kier alpha value is 0. The van der Waals surface area contributed by atoms with Crippen LogP contribution in [0.2, 0.25) is 0 Å². The summed E-state index contributed by atoms with van der Waals surface area (Å²) in [5, 5.41) is 0. The Morgan fingerprint density at radius 2 is 1.91 bits per heavy atom. The highest BCUT2D eigenvalue weighted by Gasteiger charge is 2.26. The molecule has 11 heavy (non-hydrogen) atoms. The molecule has 0 aromatic carbocycles. The Balaban J connectivity index is 1.59. The maximum Gasteiger partial charge on any atom is -0.0386 e. The summed E-state index contributed by atoms with van der Waals surface area (Å²) < 4.78 is 0. The largest absolute Gasteiger partial charge is 0.0528 e. The molecule has 2 rings (SSSR count). The van der Waals surface area contributed by atoms with Crippen molar-refractivity contribution in [2.24, 2.45) is 17.8 Å². The smallest absolute Gasteiger partial charge is 0.0386 e. The van der Waals surface area contributed by atoms with E-state index in [1.807, 2.05) is 0 Å². The average molecular weight is 151 g/mol. The molecule has 2 aliphatic rings. The van der Waals surface area contributed by atoms with Crippen molar-refractivity contribution in [3.05, 3.63) is 6.92 Å². The quantitative estimate of drug-likeness (QED) is 0.577. The lowest BCUT2D eigenvalue weighted by Crippen LogP contribution is -2.19. The molecule has 0 N–H and O–H groups in total. The molecule has 2 fully saturated rings. The third-order valence-electron chi connectivity index (χ3n) is 3.46. The summed E-state index contributed by atoms with van der Waals surface area (Å²) in [7, 11) is 0. The second-order valence-electron chi connectivity index (χ2n) is 4.47. The molecule has 0 aromatic rings. The SMILES string of the molecule is [CH2]C(CCC1CC1)C1CCC1. The predicted molar refractivity (Wildman–Crippen MR) is 48.1 cm³/mol. The molecular weight excluding hydrogens is 132 g/mol. The zero-order chi connectivity index (χ0) is 7.68.